The van der Waals surface area contributed by atoms with Crippen LogP contribution in [0.4, 0.5) is 4.39 Å². The number of phenolic OH excluding ortho intramolecular Hbond substituents is 2. The minimum Gasteiger partial charge on any atom is -0.508 e. The zero-order valence-electron chi connectivity index (χ0n) is 14.9. The maximum Gasteiger partial charge on any atom is 0.123 e. The van der Waals surface area contributed by atoms with Gasteiger partial charge in [-0.15, -0.1) is 0 Å². The van der Waals surface area contributed by atoms with Gasteiger partial charge in [-0.3, -0.25) is 0 Å². The molecule has 1 aliphatic carbocycles. The lowest BCUT2D eigenvalue weighted by Gasteiger charge is -2.13. The standard InChI is InChI=1S/C24H16FNO2/c25-15-6-3-5-14(11-15)21-13-18(16-7-1-2-9-22(16)27)20-12-19-17(24(20)26-21)8-4-10-23(19)28/h1-11,13,27-28H,12H2. The summed E-state index contributed by atoms with van der Waals surface area (Å²) in [5, 5.41) is 20.8. The highest BCUT2D eigenvalue weighted by Gasteiger charge is 2.27. The van der Waals surface area contributed by atoms with Gasteiger partial charge in [-0.05, 0) is 41.5 Å². The molecule has 28 heavy (non-hydrogen) atoms. The number of pyridine rings is 1. The Hall–Kier alpha value is -3.66. The number of phenols is 2. The molecule has 1 aromatic heterocycles. The van der Waals surface area contributed by atoms with Crippen molar-refractivity contribution >= 4 is 0 Å². The summed E-state index contributed by atoms with van der Waals surface area (Å²) in [6.45, 7) is 0. The van der Waals surface area contributed by atoms with Crippen molar-refractivity contribution in [2.45, 2.75) is 6.42 Å². The first kappa shape index (κ1) is 16.5. The van der Waals surface area contributed by atoms with Crippen LogP contribution in [0.5, 0.6) is 11.5 Å². The molecule has 4 aromatic rings. The van der Waals surface area contributed by atoms with E-state index >= 15 is 0 Å². The Bertz CT molecular complexity index is 1230. The molecule has 0 aliphatic heterocycles. The summed E-state index contributed by atoms with van der Waals surface area (Å²) in [4.78, 5) is 4.80. The lowest BCUT2D eigenvalue weighted by atomic mass is 9.95. The molecule has 0 saturated heterocycles. The number of halogens is 1. The molecule has 0 unspecified atom stereocenters. The number of hydrogen-bond acceptors (Lipinski definition) is 3. The van der Waals surface area contributed by atoms with Gasteiger partial charge in [0, 0.05) is 28.7 Å². The maximum absolute atomic E-state index is 13.8. The highest BCUT2D eigenvalue weighted by molar-refractivity contribution is 5.88. The van der Waals surface area contributed by atoms with Gasteiger partial charge in [0.05, 0.1) is 11.4 Å². The summed E-state index contributed by atoms with van der Waals surface area (Å²) in [7, 11) is 0. The minimum atomic E-state index is -0.332. The Morgan fingerprint density at radius 2 is 1.46 bits per heavy atom. The van der Waals surface area contributed by atoms with Crippen LogP contribution in [0.15, 0.2) is 72.8 Å². The maximum atomic E-state index is 13.8. The van der Waals surface area contributed by atoms with Crippen LogP contribution in [0.25, 0.3) is 33.6 Å². The number of nitrogens with zero attached hydrogens (tertiary/aromatic N) is 1. The predicted molar refractivity (Wildman–Crippen MR) is 107 cm³/mol. The van der Waals surface area contributed by atoms with Gasteiger partial charge in [0.1, 0.15) is 17.3 Å². The zero-order valence-corrected chi connectivity index (χ0v) is 14.9. The Morgan fingerprint density at radius 3 is 2.29 bits per heavy atom. The highest BCUT2D eigenvalue weighted by Crippen LogP contribution is 2.46. The summed E-state index contributed by atoms with van der Waals surface area (Å²) >= 11 is 0. The largest absolute Gasteiger partial charge is 0.508 e. The number of hydrogen-bond donors (Lipinski definition) is 2. The lowest BCUT2D eigenvalue weighted by molar-refractivity contribution is 0.470. The first-order valence-electron chi connectivity index (χ1n) is 9.01. The van der Waals surface area contributed by atoms with Gasteiger partial charge in [-0.25, -0.2) is 9.37 Å². The molecular weight excluding hydrogens is 353 g/mol. The van der Waals surface area contributed by atoms with Gasteiger partial charge < -0.3 is 10.2 Å². The van der Waals surface area contributed by atoms with Crippen molar-refractivity contribution in [3.63, 3.8) is 0 Å². The Kier molecular flexibility index (Phi) is 3.66. The van der Waals surface area contributed by atoms with Gasteiger partial charge in [-0.2, -0.15) is 0 Å². The van der Waals surface area contributed by atoms with Gasteiger partial charge in [0.15, 0.2) is 0 Å². The summed E-state index contributed by atoms with van der Waals surface area (Å²) in [5.74, 6) is 0.0641. The van der Waals surface area contributed by atoms with Gasteiger partial charge in [-0.1, -0.05) is 42.5 Å². The summed E-state index contributed by atoms with van der Waals surface area (Å²) in [5.41, 5.74) is 6.18. The van der Waals surface area contributed by atoms with E-state index in [2.05, 4.69) is 0 Å². The fourth-order valence-electron chi connectivity index (χ4n) is 3.87. The zero-order chi connectivity index (χ0) is 19.3. The van der Waals surface area contributed by atoms with E-state index in [0.29, 0.717) is 23.2 Å². The molecule has 136 valence electrons. The second-order valence-electron chi connectivity index (χ2n) is 6.89. The summed E-state index contributed by atoms with van der Waals surface area (Å²) in [6.07, 6.45) is 0.525. The third-order valence-corrected chi connectivity index (χ3v) is 5.20. The average molecular weight is 369 g/mol. The second-order valence-corrected chi connectivity index (χ2v) is 6.89. The smallest absolute Gasteiger partial charge is 0.123 e. The third-order valence-electron chi connectivity index (χ3n) is 5.20. The second kappa shape index (κ2) is 6.20. The summed E-state index contributed by atoms with van der Waals surface area (Å²) < 4.78 is 13.8. The third kappa shape index (κ3) is 2.54. The first-order chi connectivity index (χ1) is 13.6. The fourth-order valence-corrected chi connectivity index (χ4v) is 3.87. The van der Waals surface area contributed by atoms with Gasteiger partial charge in [0.2, 0.25) is 0 Å². The van der Waals surface area contributed by atoms with Crippen LogP contribution in [0.2, 0.25) is 0 Å². The molecule has 2 N–H and O–H groups in total. The molecule has 1 heterocycles. The van der Waals surface area contributed by atoms with Crippen LogP contribution < -0.4 is 0 Å². The molecule has 0 atom stereocenters. The van der Waals surface area contributed by atoms with Crippen LogP contribution in [0.1, 0.15) is 11.1 Å². The molecule has 0 amide bonds. The van der Waals surface area contributed by atoms with E-state index in [4.69, 9.17) is 4.98 Å². The number of rotatable bonds is 2. The summed E-state index contributed by atoms with van der Waals surface area (Å²) in [6, 6.07) is 20.7. The molecule has 3 aromatic carbocycles. The van der Waals surface area contributed by atoms with Crippen molar-refractivity contribution in [2.75, 3.05) is 0 Å². The molecule has 4 heteroatoms. The van der Waals surface area contributed by atoms with Crippen LogP contribution in [0, 0.1) is 5.82 Å². The van der Waals surface area contributed by atoms with Crippen molar-refractivity contribution < 1.29 is 14.6 Å². The van der Waals surface area contributed by atoms with E-state index in [1.54, 1.807) is 30.3 Å². The molecule has 1 aliphatic rings. The Morgan fingerprint density at radius 1 is 0.714 bits per heavy atom. The van der Waals surface area contributed by atoms with Crippen LogP contribution in [-0.4, -0.2) is 15.2 Å². The SMILES string of the molecule is Oc1ccccc1-c1cc(-c2cccc(F)c2)nc2c1Cc1c(O)cccc1-2. The first-order valence-corrected chi connectivity index (χ1v) is 9.01. The fraction of sp³-hybridized carbons (Fsp3) is 0.0417. The van der Waals surface area contributed by atoms with Crippen LogP contribution >= 0.6 is 0 Å². The molecule has 0 bridgehead atoms. The molecule has 0 fully saturated rings. The normalized spacial score (nSPS) is 11.9. The predicted octanol–water partition coefficient (Wildman–Crippen LogP) is 5.54. The number of aromatic nitrogens is 1. The van der Waals surface area contributed by atoms with E-state index in [0.717, 1.165) is 27.9 Å². The van der Waals surface area contributed by atoms with Crippen molar-refractivity contribution in [1.29, 1.82) is 0 Å². The van der Waals surface area contributed by atoms with E-state index in [1.807, 2.05) is 30.3 Å². The Balaban J connectivity index is 1.82. The highest BCUT2D eigenvalue weighted by atomic mass is 19.1. The molecule has 0 radical (unpaired) electrons. The van der Waals surface area contributed by atoms with E-state index < -0.39 is 0 Å². The van der Waals surface area contributed by atoms with E-state index in [-0.39, 0.29) is 17.3 Å². The van der Waals surface area contributed by atoms with Crippen molar-refractivity contribution in [2.24, 2.45) is 0 Å². The number of fused-ring (bicyclic) bond motifs is 3. The number of para-hydroxylation sites is 1. The monoisotopic (exact) mass is 369 g/mol. The van der Waals surface area contributed by atoms with E-state index in [1.165, 1.54) is 12.1 Å². The van der Waals surface area contributed by atoms with E-state index in [9.17, 15) is 14.6 Å². The Labute approximate surface area is 161 Å². The molecule has 3 nitrogen and oxygen atoms in total. The topological polar surface area (TPSA) is 53.4 Å². The minimum absolute atomic E-state index is 0.168. The number of aromatic hydroxyl groups is 2. The van der Waals surface area contributed by atoms with Crippen molar-refractivity contribution in [3.05, 3.63) is 89.7 Å². The molecular formula is C24H16FNO2. The van der Waals surface area contributed by atoms with Crippen LogP contribution in [0.3, 0.4) is 0 Å². The molecule has 5 rings (SSSR count). The van der Waals surface area contributed by atoms with Crippen LogP contribution in [-0.2, 0) is 6.42 Å². The van der Waals surface area contributed by atoms with Gasteiger partial charge >= 0.3 is 0 Å². The van der Waals surface area contributed by atoms with Gasteiger partial charge in [0.25, 0.3) is 0 Å². The quantitative estimate of drug-likeness (QED) is 0.430. The molecule has 0 saturated carbocycles. The average Bonchev–Trinajstić information content (AvgIpc) is 3.08. The number of benzene rings is 3. The van der Waals surface area contributed by atoms with Crippen molar-refractivity contribution in [3.8, 4) is 45.1 Å². The van der Waals surface area contributed by atoms with Crippen molar-refractivity contribution in [1.82, 2.24) is 4.98 Å². The lowest BCUT2D eigenvalue weighted by Crippen LogP contribution is -1.95. The molecule has 0 spiro atoms.